The standard InChI is InChI=1S/C73H129N2O7P/c1-7-10-13-16-19-22-25-27-29-31-33-34-35-36-37-38-39-40-42-44-46-48-51-54-57-60-63-66-73(77)82-71(64-61-58-55-52-49-24-21-18-15-12-9-3)70(69-81-83(78,79)80-68-67-75(4,5)6)74-72(76)65-62-59-56-53-50-47-45-43-41-32-30-28-26-23-20-17-14-11-8-2/h10,13,19-20,22-23,27-30,33-34,36-37,39-40,61,64,70-71H,7-9,11-12,14-18,21,24-26,31-32,35,38,41-60,62-63,65-69H2,1-6H3,(H-,74,76,78,79)/b13-10-,22-19-,23-20-,29-27-,30-28-,34-33-,37-36-,40-39-,64-61-. The highest BCUT2D eigenvalue weighted by atomic mass is 31.2. The number of phosphoric ester groups is 1. The van der Waals surface area contributed by atoms with E-state index < -0.39 is 26.6 Å². The Hall–Kier alpha value is -3.33. The number of nitrogens with one attached hydrogen (secondary N) is 1. The third-order valence-corrected chi connectivity index (χ3v) is 15.7. The van der Waals surface area contributed by atoms with Crippen molar-refractivity contribution in [3.8, 4) is 0 Å². The van der Waals surface area contributed by atoms with Crippen LogP contribution in [0.4, 0.5) is 0 Å². The number of hydrogen-bond donors (Lipinski definition) is 1. The van der Waals surface area contributed by atoms with Crippen LogP contribution in [0.5, 0.6) is 0 Å². The number of esters is 1. The molecule has 0 aromatic rings. The smallest absolute Gasteiger partial charge is 0.306 e. The molecule has 10 heteroatoms. The Morgan fingerprint density at radius 3 is 1.18 bits per heavy atom. The van der Waals surface area contributed by atoms with Gasteiger partial charge in [0.25, 0.3) is 7.82 Å². The fraction of sp³-hybridized carbons (Fsp3) is 0.726. The van der Waals surface area contributed by atoms with Crippen molar-refractivity contribution in [1.29, 1.82) is 0 Å². The molecule has 0 aromatic carbocycles. The molecule has 0 radical (unpaired) electrons. The minimum absolute atomic E-state index is 0.0292. The van der Waals surface area contributed by atoms with E-state index in [1.807, 2.05) is 33.3 Å². The van der Waals surface area contributed by atoms with Gasteiger partial charge in [-0.05, 0) is 115 Å². The molecule has 1 amide bonds. The second kappa shape index (κ2) is 61.7. The second-order valence-electron chi connectivity index (χ2n) is 23.9. The van der Waals surface area contributed by atoms with E-state index in [1.54, 1.807) is 0 Å². The van der Waals surface area contributed by atoms with E-state index in [4.69, 9.17) is 13.8 Å². The first kappa shape index (κ1) is 79.7. The fourth-order valence-corrected chi connectivity index (χ4v) is 10.2. The van der Waals surface area contributed by atoms with Crippen LogP contribution in [0.25, 0.3) is 0 Å². The van der Waals surface area contributed by atoms with Crippen LogP contribution in [0.1, 0.15) is 290 Å². The van der Waals surface area contributed by atoms with Crippen LogP contribution in [-0.4, -0.2) is 69.4 Å². The number of carbonyl (C=O) groups is 2. The first-order valence-corrected chi connectivity index (χ1v) is 35.7. The summed E-state index contributed by atoms with van der Waals surface area (Å²) in [7, 11) is 1.17. The van der Waals surface area contributed by atoms with Gasteiger partial charge < -0.3 is 28.5 Å². The van der Waals surface area contributed by atoms with Crippen LogP contribution in [0.15, 0.2) is 109 Å². The molecule has 1 N–H and O–H groups in total. The SMILES string of the molecule is CC/C=C\C/C=C\C/C=C\C/C=C\C/C=C\C/C=C\CCCCCCCCCCC(=O)OC(/C=C\CCCCCCCCCCC)C(COP(=O)([O-])OCC[N+](C)(C)C)NC(=O)CCCCCCCCCCC/C=C\C/C=C\CCCCC. The lowest BCUT2D eigenvalue weighted by Crippen LogP contribution is -2.47. The average Bonchev–Trinajstić information content (AvgIpc) is 3.51. The molecule has 0 aliphatic rings. The van der Waals surface area contributed by atoms with E-state index in [0.29, 0.717) is 17.4 Å². The molecule has 0 aliphatic heterocycles. The highest BCUT2D eigenvalue weighted by Crippen LogP contribution is 2.38. The zero-order valence-corrected chi connectivity index (χ0v) is 55.5. The van der Waals surface area contributed by atoms with Gasteiger partial charge in [-0.1, -0.05) is 272 Å². The van der Waals surface area contributed by atoms with Crippen LogP contribution in [0, 0.1) is 0 Å². The van der Waals surface area contributed by atoms with E-state index in [9.17, 15) is 19.0 Å². The highest BCUT2D eigenvalue weighted by molar-refractivity contribution is 7.45. The molecule has 0 heterocycles. The Balaban J connectivity index is 5.09. The zero-order valence-electron chi connectivity index (χ0n) is 54.6. The van der Waals surface area contributed by atoms with E-state index in [0.717, 1.165) is 128 Å². The van der Waals surface area contributed by atoms with E-state index in [-0.39, 0.29) is 24.9 Å². The summed E-state index contributed by atoms with van der Waals surface area (Å²) in [5.74, 6) is -0.557. The third-order valence-electron chi connectivity index (χ3n) is 14.7. The largest absolute Gasteiger partial charge is 0.756 e. The topological polar surface area (TPSA) is 114 Å². The van der Waals surface area contributed by atoms with Crippen molar-refractivity contribution < 1.29 is 37.3 Å². The maximum absolute atomic E-state index is 13.6. The fourth-order valence-electron chi connectivity index (χ4n) is 9.44. The Bertz CT molecular complexity index is 1790. The van der Waals surface area contributed by atoms with Crippen LogP contribution in [-0.2, 0) is 27.9 Å². The summed E-state index contributed by atoms with van der Waals surface area (Å²) >= 11 is 0. The Morgan fingerprint density at radius 2 is 0.771 bits per heavy atom. The maximum atomic E-state index is 13.6. The summed E-state index contributed by atoms with van der Waals surface area (Å²) in [4.78, 5) is 40.1. The monoisotopic (exact) mass is 1180 g/mol. The van der Waals surface area contributed by atoms with E-state index in [2.05, 4.69) is 123 Å². The molecule has 0 rings (SSSR count). The molecule has 478 valence electrons. The van der Waals surface area contributed by atoms with Crippen LogP contribution >= 0.6 is 7.82 Å². The molecule has 0 aromatic heterocycles. The number of hydrogen-bond acceptors (Lipinski definition) is 7. The molecule has 0 saturated carbocycles. The summed E-state index contributed by atoms with van der Waals surface area (Å²) in [6.07, 6.45) is 84.9. The summed E-state index contributed by atoms with van der Waals surface area (Å²) in [6.45, 7) is 6.70. The number of carbonyl (C=O) groups excluding carboxylic acids is 2. The summed E-state index contributed by atoms with van der Waals surface area (Å²) in [5.41, 5.74) is 0. The maximum Gasteiger partial charge on any atom is 0.306 e. The van der Waals surface area contributed by atoms with Crippen LogP contribution in [0.3, 0.4) is 0 Å². The van der Waals surface area contributed by atoms with Crippen molar-refractivity contribution in [2.75, 3.05) is 40.9 Å². The molecule has 3 atom stereocenters. The first-order valence-electron chi connectivity index (χ1n) is 34.2. The highest BCUT2D eigenvalue weighted by Gasteiger charge is 2.27. The lowest BCUT2D eigenvalue weighted by molar-refractivity contribution is -0.870. The van der Waals surface area contributed by atoms with Gasteiger partial charge >= 0.3 is 5.97 Å². The second-order valence-corrected chi connectivity index (χ2v) is 25.4. The lowest BCUT2D eigenvalue weighted by Gasteiger charge is -2.30. The quantitative estimate of drug-likeness (QED) is 0.0212. The predicted molar refractivity (Wildman–Crippen MR) is 357 cm³/mol. The minimum atomic E-state index is -4.71. The average molecular weight is 1180 g/mol. The van der Waals surface area contributed by atoms with Crippen molar-refractivity contribution in [1.82, 2.24) is 5.32 Å². The molecular formula is C73H129N2O7P. The molecule has 83 heavy (non-hydrogen) atoms. The number of rotatable bonds is 61. The van der Waals surface area contributed by atoms with Crippen molar-refractivity contribution >= 4 is 19.7 Å². The molecular weight excluding hydrogens is 1050 g/mol. The molecule has 9 nitrogen and oxygen atoms in total. The lowest BCUT2D eigenvalue weighted by atomic mass is 10.0. The number of nitrogens with zero attached hydrogens (tertiary/aromatic N) is 1. The molecule has 0 spiro atoms. The number of unbranched alkanes of at least 4 members (excludes halogenated alkanes) is 29. The molecule has 3 unspecified atom stereocenters. The predicted octanol–water partition coefficient (Wildman–Crippen LogP) is 21.0. The Morgan fingerprint density at radius 1 is 0.434 bits per heavy atom. The van der Waals surface area contributed by atoms with Gasteiger partial charge in [0, 0.05) is 12.8 Å². The Labute approximate surface area is 512 Å². The number of amides is 1. The van der Waals surface area contributed by atoms with Gasteiger partial charge in [-0.15, -0.1) is 0 Å². The van der Waals surface area contributed by atoms with Gasteiger partial charge in [-0.25, -0.2) is 0 Å². The molecule has 0 aliphatic carbocycles. The third kappa shape index (κ3) is 63.0. The normalized spacial score (nSPS) is 14.3. The number of quaternary nitrogens is 1. The van der Waals surface area contributed by atoms with Gasteiger partial charge in [0.2, 0.25) is 5.91 Å². The van der Waals surface area contributed by atoms with Gasteiger partial charge in [0.1, 0.15) is 19.3 Å². The van der Waals surface area contributed by atoms with Gasteiger partial charge in [-0.3, -0.25) is 14.2 Å². The number of allylic oxidation sites excluding steroid dienone is 17. The van der Waals surface area contributed by atoms with Gasteiger partial charge in [-0.2, -0.15) is 0 Å². The number of ether oxygens (including phenoxy) is 1. The molecule has 0 fully saturated rings. The van der Waals surface area contributed by atoms with Crippen molar-refractivity contribution in [2.24, 2.45) is 0 Å². The van der Waals surface area contributed by atoms with Crippen molar-refractivity contribution in [3.63, 3.8) is 0 Å². The summed E-state index contributed by atoms with van der Waals surface area (Å²) in [6, 6.07) is -0.901. The van der Waals surface area contributed by atoms with Crippen LogP contribution in [0.2, 0.25) is 0 Å². The minimum Gasteiger partial charge on any atom is -0.756 e. The van der Waals surface area contributed by atoms with Gasteiger partial charge in [0.15, 0.2) is 0 Å². The molecule has 0 bridgehead atoms. The number of likely N-dealkylation sites (N-methyl/N-ethyl adjacent to an activating group) is 1. The first-order chi connectivity index (χ1) is 40.4. The summed E-state index contributed by atoms with van der Waals surface area (Å²) in [5, 5.41) is 3.03. The molecule has 0 saturated heterocycles. The van der Waals surface area contributed by atoms with Crippen molar-refractivity contribution in [3.05, 3.63) is 109 Å². The zero-order chi connectivity index (χ0) is 60.7. The Kier molecular flexibility index (Phi) is 59.3. The van der Waals surface area contributed by atoms with Crippen molar-refractivity contribution in [2.45, 2.75) is 303 Å². The van der Waals surface area contributed by atoms with E-state index in [1.165, 1.54) is 128 Å². The summed E-state index contributed by atoms with van der Waals surface area (Å²) < 4.78 is 30.4. The van der Waals surface area contributed by atoms with Crippen LogP contribution < -0.4 is 10.2 Å². The van der Waals surface area contributed by atoms with E-state index >= 15 is 0 Å². The number of phosphoric acid groups is 1. The van der Waals surface area contributed by atoms with Gasteiger partial charge in [0.05, 0.1) is 33.8 Å².